The number of rotatable bonds is 6. The van der Waals surface area contributed by atoms with E-state index in [4.69, 9.17) is 23.2 Å². The molecule has 1 N–H and O–H groups in total. The monoisotopic (exact) mass is 444 g/mol. The summed E-state index contributed by atoms with van der Waals surface area (Å²) >= 11 is 14.1. The number of pyridine rings is 1. The van der Waals surface area contributed by atoms with Crippen molar-refractivity contribution in [3.63, 3.8) is 0 Å². The Morgan fingerprint density at radius 3 is 2.70 bits per heavy atom. The molecule has 9 nitrogen and oxygen atoms in total. The first-order valence-electron chi connectivity index (χ1n) is 7.35. The van der Waals surface area contributed by atoms with Crippen molar-refractivity contribution in [1.29, 1.82) is 0 Å². The van der Waals surface area contributed by atoms with Crippen LogP contribution in [0.2, 0.25) is 10.0 Å². The predicted octanol–water partition coefficient (Wildman–Crippen LogP) is 4.37. The molecule has 0 unspecified atom stereocenters. The second kappa shape index (κ2) is 8.21. The number of aromatic nitrogens is 4. The third-order valence-electron chi connectivity index (χ3n) is 3.19. The summed E-state index contributed by atoms with van der Waals surface area (Å²) in [5.41, 5.74) is -0.217. The van der Waals surface area contributed by atoms with Crippen LogP contribution < -0.4 is 5.32 Å². The Morgan fingerprint density at radius 1 is 1.41 bits per heavy atom. The van der Waals surface area contributed by atoms with Crippen molar-refractivity contribution in [1.82, 2.24) is 19.7 Å². The SMILES string of the molecule is CCn1cnc(NC(=O)c2cc([N+](=O)[O-])c(Sc3c(Cl)cncc3Cl)s2)n1. The number of thiophene rings is 1. The van der Waals surface area contributed by atoms with Gasteiger partial charge in [0.2, 0.25) is 5.95 Å². The summed E-state index contributed by atoms with van der Waals surface area (Å²) in [5.74, 6) is -0.428. The van der Waals surface area contributed by atoms with E-state index >= 15 is 0 Å². The van der Waals surface area contributed by atoms with Gasteiger partial charge in [0.1, 0.15) is 15.4 Å². The normalized spacial score (nSPS) is 10.8. The van der Waals surface area contributed by atoms with Crippen LogP contribution in [0.5, 0.6) is 0 Å². The highest BCUT2D eigenvalue weighted by Crippen LogP contribution is 2.45. The molecular weight excluding hydrogens is 435 g/mol. The van der Waals surface area contributed by atoms with Crippen molar-refractivity contribution < 1.29 is 9.72 Å². The average Bonchev–Trinajstić information content (AvgIpc) is 3.25. The van der Waals surface area contributed by atoms with Crippen LogP contribution in [0.4, 0.5) is 11.6 Å². The molecule has 3 heterocycles. The smallest absolute Gasteiger partial charge is 0.288 e. The first-order chi connectivity index (χ1) is 12.9. The van der Waals surface area contributed by atoms with Gasteiger partial charge in [0, 0.05) is 25.0 Å². The zero-order chi connectivity index (χ0) is 19.6. The van der Waals surface area contributed by atoms with E-state index in [9.17, 15) is 14.9 Å². The van der Waals surface area contributed by atoms with E-state index in [0.717, 1.165) is 23.1 Å². The molecule has 0 atom stereocenters. The van der Waals surface area contributed by atoms with E-state index in [1.54, 1.807) is 4.68 Å². The third kappa shape index (κ3) is 4.38. The third-order valence-corrected chi connectivity index (χ3v) is 6.44. The number of hydrogen-bond acceptors (Lipinski definition) is 8. The fraction of sp³-hybridized carbons (Fsp3) is 0.143. The molecule has 27 heavy (non-hydrogen) atoms. The molecule has 0 aliphatic heterocycles. The summed E-state index contributed by atoms with van der Waals surface area (Å²) < 4.78 is 1.81. The lowest BCUT2D eigenvalue weighted by Crippen LogP contribution is -2.11. The summed E-state index contributed by atoms with van der Waals surface area (Å²) in [4.78, 5) is 31.6. The molecule has 0 radical (unpaired) electrons. The minimum Gasteiger partial charge on any atom is -0.288 e. The molecule has 140 valence electrons. The van der Waals surface area contributed by atoms with E-state index in [-0.39, 0.29) is 30.8 Å². The van der Waals surface area contributed by atoms with Crippen LogP contribution in [-0.2, 0) is 6.54 Å². The minimum atomic E-state index is -0.567. The number of hydrogen-bond donors (Lipinski definition) is 1. The Morgan fingerprint density at radius 2 is 2.11 bits per heavy atom. The van der Waals surface area contributed by atoms with Crippen molar-refractivity contribution in [3.8, 4) is 0 Å². The highest BCUT2D eigenvalue weighted by atomic mass is 35.5. The van der Waals surface area contributed by atoms with Crippen LogP contribution in [0.3, 0.4) is 0 Å². The standard InChI is InChI=1S/C14H10Cl2N6O3S2/c1-2-21-6-18-14(20-21)19-12(23)10-3-9(22(24)25)13(26-10)27-11-7(15)4-17-5-8(11)16/h3-6H,2H2,1H3,(H,19,20,23). The highest BCUT2D eigenvalue weighted by Gasteiger charge is 2.25. The van der Waals surface area contributed by atoms with Gasteiger partial charge in [0.15, 0.2) is 0 Å². The Balaban J connectivity index is 1.88. The van der Waals surface area contributed by atoms with Crippen molar-refractivity contribution >= 4 is 63.8 Å². The predicted molar refractivity (Wildman–Crippen MR) is 103 cm³/mol. The number of nitrogens with zero attached hydrogens (tertiary/aromatic N) is 5. The molecule has 0 spiro atoms. The van der Waals surface area contributed by atoms with Gasteiger partial charge in [0.25, 0.3) is 11.6 Å². The van der Waals surface area contributed by atoms with Crippen LogP contribution in [0, 0.1) is 10.1 Å². The number of nitro groups is 1. The number of nitrogens with one attached hydrogen (secondary N) is 1. The van der Waals surface area contributed by atoms with E-state index < -0.39 is 10.8 Å². The Labute approximate surface area is 170 Å². The van der Waals surface area contributed by atoms with Crippen LogP contribution in [-0.4, -0.2) is 30.6 Å². The maximum absolute atomic E-state index is 12.4. The molecule has 0 saturated heterocycles. The number of halogens is 2. The van der Waals surface area contributed by atoms with Gasteiger partial charge in [-0.05, 0) is 6.92 Å². The van der Waals surface area contributed by atoms with E-state index in [0.29, 0.717) is 11.4 Å². The van der Waals surface area contributed by atoms with Crippen molar-refractivity contribution in [3.05, 3.63) is 49.8 Å². The van der Waals surface area contributed by atoms with E-state index in [1.807, 2.05) is 6.92 Å². The molecule has 1 amide bonds. The fourth-order valence-electron chi connectivity index (χ4n) is 1.93. The lowest BCUT2D eigenvalue weighted by atomic mass is 10.4. The van der Waals surface area contributed by atoms with Gasteiger partial charge < -0.3 is 0 Å². The zero-order valence-electron chi connectivity index (χ0n) is 13.5. The Kier molecular flexibility index (Phi) is 5.95. The fourth-order valence-corrected chi connectivity index (χ4v) is 4.69. The topological polar surface area (TPSA) is 116 Å². The van der Waals surface area contributed by atoms with Gasteiger partial charge >= 0.3 is 0 Å². The summed E-state index contributed by atoms with van der Waals surface area (Å²) in [6.07, 6.45) is 4.25. The summed E-state index contributed by atoms with van der Waals surface area (Å²) in [7, 11) is 0. The molecule has 3 aromatic rings. The van der Waals surface area contributed by atoms with Gasteiger partial charge in [-0.2, -0.15) is 0 Å². The molecule has 13 heteroatoms. The summed E-state index contributed by atoms with van der Waals surface area (Å²) in [6.45, 7) is 2.48. The molecule has 0 bridgehead atoms. The van der Waals surface area contributed by atoms with Gasteiger partial charge in [-0.3, -0.25) is 29.9 Å². The largest absolute Gasteiger partial charge is 0.294 e. The van der Waals surface area contributed by atoms with Crippen molar-refractivity contribution in [2.45, 2.75) is 22.6 Å². The average molecular weight is 445 g/mol. The van der Waals surface area contributed by atoms with Gasteiger partial charge in [-0.1, -0.05) is 35.0 Å². The summed E-state index contributed by atoms with van der Waals surface area (Å²) in [6, 6.07) is 1.20. The molecular formula is C14H10Cl2N6O3S2. The van der Waals surface area contributed by atoms with Crippen LogP contribution >= 0.6 is 46.3 Å². The summed E-state index contributed by atoms with van der Waals surface area (Å²) in [5, 5.41) is 18.5. The number of aryl methyl sites for hydroxylation is 1. The number of carbonyl (C=O) groups is 1. The van der Waals surface area contributed by atoms with Gasteiger partial charge in [-0.15, -0.1) is 16.4 Å². The lowest BCUT2D eigenvalue weighted by Gasteiger charge is -2.03. The molecule has 0 aromatic carbocycles. The van der Waals surface area contributed by atoms with Crippen molar-refractivity contribution in [2.75, 3.05) is 5.32 Å². The van der Waals surface area contributed by atoms with Gasteiger partial charge in [-0.25, -0.2) is 4.98 Å². The molecule has 0 aliphatic rings. The first kappa shape index (κ1) is 19.5. The maximum atomic E-state index is 12.4. The molecule has 3 aromatic heterocycles. The second-order valence-corrected chi connectivity index (χ2v) is 8.10. The quantitative estimate of drug-likeness (QED) is 0.442. The maximum Gasteiger partial charge on any atom is 0.294 e. The van der Waals surface area contributed by atoms with Gasteiger partial charge in [0.05, 0.1) is 19.9 Å². The second-order valence-electron chi connectivity index (χ2n) is 4.95. The highest BCUT2D eigenvalue weighted by molar-refractivity contribution is 8.01. The molecule has 0 aliphatic carbocycles. The number of amides is 1. The Hall–Kier alpha value is -2.21. The number of anilines is 1. The minimum absolute atomic E-state index is 0.118. The van der Waals surface area contributed by atoms with Crippen molar-refractivity contribution in [2.24, 2.45) is 0 Å². The zero-order valence-corrected chi connectivity index (χ0v) is 16.7. The molecule has 0 fully saturated rings. The molecule has 0 saturated carbocycles. The number of carbonyl (C=O) groups excluding carboxylic acids is 1. The molecule has 3 rings (SSSR count). The van der Waals surface area contributed by atoms with E-state index in [2.05, 4.69) is 20.4 Å². The van der Waals surface area contributed by atoms with Crippen LogP contribution in [0.15, 0.2) is 33.9 Å². The Bertz CT molecular complexity index is 1000. The lowest BCUT2D eigenvalue weighted by molar-refractivity contribution is -0.387. The first-order valence-corrected chi connectivity index (χ1v) is 9.73. The van der Waals surface area contributed by atoms with E-state index in [1.165, 1.54) is 24.8 Å². The van der Waals surface area contributed by atoms with Crippen LogP contribution in [0.1, 0.15) is 16.6 Å². The van der Waals surface area contributed by atoms with Crippen LogP contribution in [0.25, 0.3) is 0 Å².